The molecule has 0 saturated carbocycles. The third-order valence-corrected chi connectivity index (χ3v) is 3.23. The highest BCUT2D eigenvalue weighted by Gasteiger charge is 2.32. The van der Waals surface area contributed by atoms with Crippen LogP contribution in [0.5, 0.6) is 0 Å². The quantitative estimate of drug-likeness (QED) is 0.872. The van der Waals surface area contributed by atoms with Gasteiger partial charge in [0.05, 0.1) is 5.56 Å². The zero-order chi connectivity index (χ0) is 13.2. The van der Waals surface area contributed by atoms with Crippen LogP contribution in [-0.4, -0.2) is 18.3 Å². The van der Waals surface area contributed by atoms with Gasteiger partial charge in [0.15, 0.2) is 0 Å². The molecular formula is C13H16F3NO. The van der Waals surface area contributed by atoms with Crippen LogP contribution in [0.4, 0.5) is 13.2 Å². The van der Waals surface area contributed by atoms with Crippen LogP contribution in [0.3, 0.4) is 0 Å². The van der Waals surface area contributed by atoms with E-state index in [1.165, 1.54) is 12.1 Å². The Bertz CT molecular complexity index is 429. The zero-order valence-electron chi connectivity index (χ0n) is 9.98. The van der Waals surface area contributed by atoms with E-state index < -0.39 is 11.7 Å². The lowest BCUT2D eigenvalue weighted by molar-refractivity contribution is -0.137. The Labute approximate surface area is 104 Å². The maximum Gasteiger partial charge on any atom is 0.416 e. The van der Waals surface area contributed by atoms with Crippen molar-refractivity contribution < 1.29 is 18.3 Å². The molecule has 0 saturated heterocycles. The van der Waals surface area contributed by atoms with Gasteiger partial charge in [-0.2, -0.15) is 13.2 Å². The van der Waals surface area contributed by atoms with Crippen LogP contribution in [0.1, 0.15) is 28.7 Å². The second-order valence-electron chi connectivity index (χ2n) is 4.52. The molecule has 18 heavy (non-hydrogen) atoms. The fourth-order valence-corrected chi connectivity index (χ4v) is 2.37. The van der Waals surface area contributed by atoms with Crippen molar-refractivity contribution >= 4 is 0 Å². The molecule has 100 valence electrons. The molecular weight excluding hydrogens is 243 g/mol. The molecule has 0 aromatic heterocycles. The van der Waals surface area contributed by atoms with Gasteiger partial charge in [-0.25, -0.2) is 0 Å². The van der Waals surface area contributed by atoms with Gasteiger partial charge in [0, 0.05) is 13.2 Å². The summed E-state index contributed by atoms with van der Waals surface area (Å²) >= 11 is 0. The smallest absolute Gasteiger partial charge is 0.396 e. The van der Waals surface area contributed by atoms with Gasteiger partial charge in [-0.1, -0.05) is 0 Å². The van der Waals surface area contributed by atoms with E-state index in [2.05, 4.69) is 5.32 Å². The maximum atomic E-state index is 12.8. The minimum atomic E-state index is -4.31. The lowest BCUT2D eigenvalue weighted by Crippen LogP contribution is -2.25. The van der Waals surface area contributed by atoms with Crippen molar-refractivity contribution in [3.63, 3.8) is 0 Å². The highest BCUT2D eigenvalue weighted by atomic mass is 19.4. The molecule has 0 radical (unpaired) electrons. The van der Waals surface area contributed by atoms with Gasteiger partial charge in [0.1, 0.15) is 0 Å². The van der Waals surface area contributed by atoms with Gasteiger partial charge in [0.2, 0.25) is 0 Å². The average molecular weight is 259 g/mol. The average Bonchev–Trinajstić information content (AvgIpc) is 2.34. The van der Waals surface area contributed by atoms with Crippen molar-refractivity contribution in [3.8, 4) is 0 Å². The predicted octanol–water partition coefficient (Wildman–Crippen LogP) is 2.28. The first-order chi connectivity index (χ1) is 8.52. The molecule has 1 aliphatic rings. The number of halogens is 3. The van der Waals surface area contributed by atoms with Crippen LogP contribution in [0.2, 0.25) is 0 Å². The maximum absolute atomic E-state index is 12.8. The normalized spacial score (nSPS) is 15.6. The Hall–Kier alpha value is -1.07. The van der Waals surface area contributed by atoms with Crippen molar-refractivity contribution in [2.45, 2.75) is 32.0 Å². The monoisotopic (exact) mass is 259 g/mol. The van der Waals surface area contributed by atoms with Crippen molar-refractivity contribution in [1.82, 2.24) is 5.32 Å². The van der Waals surface area contributed by atoms with Gasteiger partial charge in [-0.15, -0.1) is 0 Å². The number of benzene rings is 1. The molecule has 0 spiro atoms. The molecule has 1 aromatic rings. The molecule has 2 N–H and O–H groups in total. The number of nitrogens with one attached hydrogen (secondary N) is 1. The van der Waals surface area contributed by atoms with Crippen LogP contribution in [0.25, 0.3) is 0 Å². The molecule has 1 heterocycles. The topological polar surface area (TPSA) is 32.3 Å². The molecule has 1 aromatic carbocycles. The Morgan fingerprint density at radius 1 is 1.28 bits per heavy atom. The van der Waals surface area contributed by atoms with Crippen molar-refractivity contribution in [3.05, 3.63) is 34.4 Å². The van der Waals surface area contributed by atoms with Gasteiger partial charge >= 0.3 is 6.18 Å². The number of rotatable bonds is 3. The van der Waals surface area contributed by atoms with Gasteiger partial charge in [0.25, 0.3) is 0 Å². The van der Waals surface area contributed by atoms with E-state index in [0.717, 1.165) is 29.7 Å². The SMILES string of the molecule is OCCCc1cc(C(F)(F)F)cc2c1CCNC2. The highest BCUT2D eigenvalue weighted by Crippen LogP contribution is 2.33. The summed E-state index contributed by atoms with van der Waals surface area (Å²) in [5.74, 6) is 0. The Balaban J connectivity index is 2.41. The zero-order valence-corrected chi connectivity index (χ0v) is 9.98. The summed E-state index contributed by atoms with van der Waals surface area (Å²) in [6.07, 6.45) is -2.54. The second kappa shape index (κ2) is 5.28. The van der Waals surface area contributed by atoms with E-state index in [1.54, 1.807) is 0 Å². The minimum absolute atomic E-state index is 0.00324. The molecule has 0 atom stereocenters. The first-order valence-electron chi connectivity index (χ1n) is 6.06. The fourth-order valence-electron chi connectivity index (χ4n) is 2.37. The molecule has 0 unspecified atom stereocenters. The first kappa shape index (κ1) is 13.4. The summed E-state index contributed by atoms with van der Waals surface area (Å²) in [7, 11) is 0. The van der Waals surface area contributed by atoms with Crippen molar-refractivity contribution in [1.29, 1.82) is 0 Å². The van der Waals surface area contributed by atoms with E-state index in [1.807, 2.05) is 0 Å². The van der Waals surface area contributed by atoms with E-state index >= 15 is 0 Å². The molecule has 0 aliphatic carbocycles. The lowest BCUT2D eigenvalue weighted by atomic mass is 9.90. The van der Waals surface area contributed by atoms with Gasteiger partial charge in [-0.3, -0.25) is 0 Å². The number of aliphatic hydroxyl groups is 1. The summed E-state index contributed by atoms with van der Waals surface area (Å²) in [6, 6.07) is 2.48. The van der Waals surface area contributed by atoms with Gasteiger partial charge < -0.3 is 10.4 Å². The lowest BCUT2D eigenvalue weighted by Gasteiger charge is -2.22. The summed E-state index contributed by atoms with van der Waals surface area (Å²) in [5, 5.41) is 11.9. The summed E-state index contributed by atoms with van der Waals surface area (Å²) in [4.78, 5) is 0. The van der Waals surface area contributed by atoms with Crippen LogP contribution in [0, 0.1) is 0 Å². The number of aliphatic hydroxyl groups excluding tert-OH is 1. The molecule has 2 rings (SSSR count). The van der Waals surface area contributed by atoms with Gasteiger partial charge in [-0.05, 0) is 54.6 Å². The van der Waals surface area contributed by atoms with E-state index in [0.29, 0.717) is 19.4 Å². The number of alkyl halides is 3. The third-order valence-electron chi connectivity index (χ3n) is 3.23. The Kier molecular flexibility index (Phi) is 3.92. The van der Waals surface area contributed by atoms with Crippen molar-refractivity contribution in [2.24, 2.45) is 0 Å². The van der Waals surface area contributed by atoms with Crippen LogP contribution >= 0.6 is 0 Å². The minimum Gasteiger partial charge on any atom is -0.396 e. The molecule has 5 heteroatoms. The molecule has 0 bridgehead atoms. The Morgan fingerprint density at radius 2 is 2.06 bits per heavy atom. The first-order valence-corrected chi connectivity index (χ1v) is 6.06. The summed E-state index contributed by atoms with van der Waals surface area (Å²) in [5.41, 5.74) is 1.91. The van der Waals surface area contributed by atoms with Crippen LogP contribution < -0.4 is 5.32 Å². The molecule has 0 amide bonds. The Morgan fingerprint density at radius 3 is 2.72 bits per heavy atom. The van der Waals surface area contributed by atoms with Crippen LogP contribution in [0.15, 0.2) is 12.1 Å². The number of hydrogen-bond acceptors (Lipinski definition) is 2. The third kappa shape index (κ3) is 2.84. The largest absolute Gasteiger partial charge is 0.416 e. The van der Waals surface area contributed by atoms with Crippen molar-refractivity contribution in [2.75, 3.05) is 13.2 Å². The standard InChI is InChI=1S/C13H16F3NO/c14-13(15,16)11-6-9(2-1-5-18)12-3-4-17-8-10(12)7-11/h6-7,17-18H,1-5,8H2. The predicted molar refractivity (Wildman–Crippen MR) is 62.3 cm³/mol. The summed E-state index contributed by atoms with van der Waals surface area (Å²) in [6.45, 7) is 1.29. The molecule has 0 fully saturated rings. The number of aryl methyl sites for hydroxylation is 1. The van der Waals surface area contributed by atoms with E-state index in [9.17, 15) is 13.2 Å². The summed E-state index contributed by atoms with van der Waals surface area (Å²) < 4.78 is 38.4. The number of hydrogen-bond donors (Lipinski definition) is 2. The molecule has 2 nitrogen and oxygen atoms in total. The highest BCUT2D eigenvalue weighted by molar-refractivity contribution is 5.42. The molecule has 1 aliphatic heterocycles. The van der Waals surface area contributed by atoms with Crippen LogP contribution in [-0.2, 0) is 25.6 Å². The number of fused-ring (bicyclic) bond motifs is 1. The fraction of sp³-hybridized carbons (Fsp3) is 0.538. The second-order valence-corrected chi connectivity index (χ2v) is 4.52. The van der Waals surface area contributed by atoms with E-state index in [4.69, 9.17) is 5.11 Å². The van der Waals surface area contributed by atoms with E-state index in [-0.39, 0.29) is 6.61 Å².